The van der Waals surface area contributed by atoms with Crippen LogP contribution in [0.4, 0.5) is 0 Å². The molecule has 0 saturated heterocycles. The SMILES string of the molecule is N#CCCCCOc1cccc(Cl)c1CCl. The first-order valence-corrected chi connectivity index (χ1v) is 6.04. The maximum Gasteiger partial charge on any atom is 0.125 e. The monoisotopic (exact) mass is 257 g/mol. The van der Waals surface area contributed by atoms with Gasteiger partial charge in [0.2, 0.25) is 0 Å². The highest BCUT2D eigenvalue weighted by Gasteiger charge is 2.06. The molecule has 2 nitrogen and oxygen atoms in total. The summed E-state index contributed by atoms with van der Waals surface area (Å²) in [5, 5.41) is 9.00. The Hall–Kier alpha value is -0.910. The van der Waals surface area contributed by atoms with Gasteiger partial charge in [-0.2, -0.15) is 5.26 Å². The summed E-state index contributed by atoms with van der Waals surface area (Å²) in [6.45, 7) is 0.589. The molecular weight excluding hydrogens is 245 g/mol. The molecule has 0 amide bonds. The van der Waals surface area contributed by atoms with Gasteiger partial charge >= 0.3 is 0 Å². The van der Waals surface area contributed by atoms with Crippen molar-refractivity contribution < 1.29 is 4.74 Å². The molecule has 1 aromatic rings. The lowest BCUT2D eigenvalue weighted by Crippen LogP contribution is -1.99. The fourth-order valence-corrected chi connectivity index (χ4v) is 1.87. The molecule has 0 aromatic heterocycles. The number of ether oxygens (including phenoxy) is 1. The molecule has 0 atom stereocenters. The zero-order valence-electron chi connectivity index (χ0n) is 8.88. The van der Waals surface area contributed by atoms with E-state index in [9.17, 15) is 0 Å². The average Bonchev–Trinajstić information content (AvgIpc) is 2.29. The van der Waals surface area contributed by atoms with Crippen LogP contribution in [0.15, 0.2) is 18.2 Å². The van der Waals surface area contributed by atoms with Crippen molar-refractivity contribution in [2.24, 2.45) is 0 Å². The van der Waals surface area contributed by atoms with E-state index in [2.05, 4.69) is 6.07 Å². The summed E-state index contributed by atoms with van der Waals surface area (Å²) < 4.78 is 5.58. The Morgan fingerprint density at radius 2 is 2.12 bits per heavy atom. The zero-order valence-corrected chi connectivity index (χ0v) is 10.4. The van der Waals surface area contributed by atoms with Gasteiger partial charge in [0.15, 0.2) is 0 Å². The third kappa shape index (κ3) is 3.92. The Morgan fingerprint density at radius 3 is 2.81 bits per heavy atom. The van der Waals surface area contributed by atoms with Crippen molar-refractivity contribution in [3.63, 3.8) is 0 Å². The fraction of sp³-hybridized carbons (Fsp3) is 0.417. The Kier molecular flexibility index (Phi) is 6.07. The number of hydrogen-bond acceptors (Lipinski definition) is 2. The van der Waals surface area contributed by atoms with E-state index >= 15 is 0 Å². The maximum atomic E-state index is 8.38. The molecule has 0 heterocycles. The van der Waals surface area contributed by atoms with Gasteiger partial charge in [-0.3, -0.25) is 0 Å². The summed E-state index contributed by atoms with van der Waals surface area (Å²) in [7, 11) is 0. The lowest BCUT2D eigenvalue weighted by atomic mass is 10.2. The van der Waals surface area contributed by atoms with Crippen LogP contribution in [0.3, 0.4) is 0 Å². The van der Waals surface area contributed by atoms with Crippen LogP contribution in [-0.2, 0) is 5.88 Å². The largest absolute Gasteiger partial charge is 0.493 e. The second-order valence-electron chi connectivity index (χ2n) is 3.31. The smallest absolute Gasteiger partial charge is 0.125 e. The van der Waals surface area contributed by atoms with Gasteiger partial charge in [0, 0.05) is 17.0 Å². The highest BCUT2D eigenvalue weighted by Crippen LogP contribution is 2.28. The van der Waals surface area contributed by atoms with Gasteiger partial charge in [0.25, 0.3) is 0 Å². The summed E-state index contributed by atoms with van der Waals surface area (Å²) in [5.41, 5.74) is 0.825. The van der Waals surface area contributed by atoms with Crippen LogP contribution in [-0.4, -0.2) is 6.61 Å². The van der Waals surface area contributed by atoms with Gasteiger partial charge in [-0.25, -0.2) is 0 Å². The molecule has 0 unspecified atom stereocenters. The number of hydrogen-bond donors (Lipinski definition) is 0. The molecule has 0 aliphatic carbocycles. The van der Waals surface area contributed by atoms with Gasteiger partial charge in [-0.1, -0.05) is 17.7 Å². The van der Waals surface area contributed by atoms with Crippen LogP contribution in [0.1, 0.15) is 24.8 Å². The van der Waals surface area contributed by atoms with Gasteiger partial charge in [-0.05, 0) is 25.0 Å². The second kappa shape index (κ2) is 7.38. The van der Waals surface area contributed by atoms with Gasteiger partial charge < -0.3 is 4.74 Å². The molecule has 1 rings (SSSR count). The predicted molar refractivity (Wildman–Crippen MR) is 66.0 cm³/mol. The molecule has 0 fully saturated rings. The van der Waals surface area contributed by atoms with E-state index in [0.717, 1.165) is 24.2 Å². The van der Waals surface area contributed by atoms with E-state index in [1.54, 1.807) is 6.07 Å². The number of rotatable bonds is 6. The van der Waals surface area contributed by atoms with Crippen molar-refractivity contribution in [3.05, 3.63) is 28.8 Å². The highest BCUT2D eigenvalue weighted by atomic mass is 35.5. The Bertz CT molecular complexity index is 374. The lowest BCUT2D eigenvalue weighted by molar-refractivity contribution is 0.305. The molecule has 0 aliphatic rings. The Balaban J connectivity index is 2.47. The van der Waals surface area contributed by atoms with Crippen molar-refractivity contribution in [2.45, 2.75) is 25.1 Å². The van der Waals surface area contributed by atoms with E-state index in [1.165, 1.54) is 0 Å². The van der Waals surface area contributed by atoms with Gasteiger partial charge in [0.1, 0.15) is 5.75 Å². The number of alkyl halides is 1. The summed E-state index contributed by atoms with van der Waals surface area (Å²) in [4.78, 5) is 0. The summed E-state index contributed by atoms with van der Waals surface area (Å²) in [6, 6.07) is 7.59. The van der Waals surface area contributed by atoms with Crippen molar-refractivity contribution in [1.82, 2.24) is 0 Å². The van der Waals surface area contributed by atoms with E-state index in [-0.39, 0.29) is 0 Å². The van der Waals surface area contributed by atoms with Crippen LogP contribution in [0, 0.1) is 11.3 Å². The fourth-order valence-electron chi connectivity index (χ4n) is 1.29. The molecule has 0 bridgehead atoms. The van der Waals surface area contributed by atoms with Crippen molar-refractivity contribution in [1.29, 1.82) is 5.26 Å². The van der Waals surface area contributed by atoms with Crippen molar-refractivity contribution >= 4 is 23.2 Å². The Labute approximate surface area is 106 Å². The maximum absolute atomic E-state index is 8.38. The van der Waals surface area contributed by atoms with E-state index in [0.29, 0.717) is 23.9 Å². The summed E-state index contributed by atoms with van der Waals surface area (Å²) >= 11 is 11.8. The van der Waals surface area contributed by atoms with Crippen LogP contribution in [0.25, 0.3) is 0 Å². The molecule has 16 heavy (non-hydrogen) atoms. The minimum absolute atomic E-state index is 0.340. The first-order valence-electron chi connectivity index (χ1n) is 5.12. The minimum atomic E-state index is 0.340. The molecule has 1 aromatic carbocycles. The van der Waals surface area contributed by atoms with Crippen molar-refractivity contribution in [3.8, 4) is 11.8 Å². The number of halogens is 2. The lowest BCUT2D eigenvalue weighted by Gasteiger charge is -2.10. The summed E-state index contributed by atoms with van der Waals surface area (Å²) in [5.74, 6) is 1.08. The highest BCUT2D eigenvalue weighted by molar-refractivity contribution is 6.32. The topological polar surface area (TPSA) is 33.0 Å². The predicted octanol–water partition coefficient (Wildman–Crippen LogP) is 4.15. The zero-order chi connectivity index (χ0) is 11.8. The minimum Gasteiger partial charge on any atom is -0.493 e. The van der Waals surface area contributed by atoms with Gasteiger partial charge in [0.05, 0.1) is 18.6 Å². The number of nitriles is 1. The molecule has 0 spiro atoms. The number of benzene rings is 1. The Morgan fingerprint density at radius 1 is 1.31 bits per heavy atom. The van der Waals surface area contributed by atoms with E-state index < -0.39 is 0 Å². The number of nitrogens with zero attached hydrogens (tertiary/aromatic N) is 1. The third-order valence-corrected chi connectivity index (χ3v) is 2.77. The van der Waals surface area contributed by atoms with Crippen molar-refractivity contribution in [2.75, 3.05) is 6.61 Å². The van der Waals surface area contributed by atoms with Crippen LogP contribution >= 0.6 is 23.2 Å². The normalized spacial score (nSPS) is 9.81. The van der Waals surface area contributed by atoms with Crippen LogP contribution in [0.5, 0.6) is 5.75 Å². The van der Waals surface area contributed by atoms with Gasteiger partial charge in [-0.15, -0.1) is 11.6 Å². The molecule has 0 N–H and O–H groups in total. The average molecular weight is 258 g/mol. The number of unbranched alkanes of at least 4 members (excludes halogenated alkanes) is 2. The van der Waals surface area contributed by atoms with Crippen LogP contribution in [0.2, 0.25) is 5.02 Å². The summed E-state index contributed by atoms with van der Waals surface area (Å²) in [6.07, 6.45) is 2.29. The molecule has 0 aliphatic heterocycles. The molecular formula is C12H13Cl2NO. The van der Waals surface area contributed by atoms with E-state index in [4.69, 9.17) is 33.2 Å². The van der Waals surface area contributed by atoms with E-state index in [1.807, 2.05) is 12.1 Å². The third-order valence-electron chi connectivity index (χ3n) is 2.15. The first-order chi connectivity index (χ1) is 7.79. The molecule has 86 valence electrons. The molecule has 0 radical (unpaired) electrons. The second-order valence-corrected chi connectivity index (χ2v) is 3.99. The van der Waals surface area contributed by atoms with Crippen LogP contribution < -0.4 is 4.74 Å². The quantitative estimate of drug-likeness (QED) is 0.567. The standard InChI is InChI=1S/C12H13Cl2NO/c13-9-10-11(14)5-4-6-12(10)16-8-3-1-2-7-15/h4-6H,1-3,8-9H2. The first kappa shape index (κ1) is 13.2. The molecule has 4 heteroatoms. The molecule has 0 saturated carbocycles.